The Morgan fingerprint density at radius 2 is 2.18 bits per heavy atom. The van der Waals surface area contributed by atoms with Crippen LogP contribution in [0.2, 0.25) is 0 Å². The van der Waals surface area contributed by atoms with E-state index in [0.29, 0.717) is 10.2 Å². The maximum Gasteiger partial charge on any atom is 0.242 e. The number of ether oxygens (including phenoxy) is 1. The van der Waals surface area contributed by atoms with Gasteiger partial charge in [-0.2, -0.15) is 0 Å². The first kappa shape index (κ1) is 14.4. The molecule has 7 heteroatoms. The van der Waals surface area contributed by atoms with E-state index in [1.165, 1.54) is 13.2 Å². The minimum absolute atomic E-state index is 0.136. The minimum atomic E-state index is -3.59. The summed E-state index contributed by atoms with van der Waals surface area (Å²) in [4.78, 5) is 0.136. The van der Waals surface area contributed by atoms with Crippen molar-refractivity contribution in [3.63, 3.8) is 0 Å². The van der Waals surface area contributed by atoms with Crippen molar-refractivity contribution in [2.45, 2.75) is 17.9 Å². The molecular formula is C10H15BrN2O3S. The van der Waals surface area contributed by atoms with Crippen LogP contribution in [-0.4, -0.2) is 28.1 Å². The normalized spacial score (nSPS) is 13.4. The SMILES string of the molecule is COc1ccc(Br)c(S(=O)(=O)N[C@@H](C)CN)c1. The zero-order valence-electron chi connectivity index (χ0n) is 9.60. The molecule has 0 aliphatic rings. The molecule has 0 aliphatic heterocycles. The van der Waals surface area contributed by atoms with Crippen molar-refractivity contribution >= 4 is 26.0 Å². The van der Waals surface area contributed by atoms with Gasteiger partial charge in [0.05, 0.1) is 12.0 Å². The molecule has 0 amide bonds. The van der Waals surface area contributed by atoms with E-state index in [2.05, 4.69) is 20.7 Å². The maximum absolute atomic E-state index is 12.0. The molecular weight excluding hydrogens is 308 g/mol. The average molecular weight is 323 g/mol. The summed E-state index contributed by atoms with van der Waals surface area (Å²) < 4.78 is 32.0. The molecule has 0 heterocycles. The number of hydrogen-bond acceptors (Lipinski definition) is 4. The van der Waals surface area contributed by atoms with E-state index >= 15 is 0 Å². The van der Waals surface area contributed by atoms with Crippen LogP contribution in [0.4, 0.5) is 0 Å². The first-order valence-electron chi connectivity index (χ1n) is 4.96. The number of methoxy groups -OCH3 is 1. The molecule has 5 nitrogen and oxygen atoms in total. The summed E-state index contributed by atoms with van der Waals surface area (Å²) >= 11 is 3.20. The van der Waals surface area contributed by atoms with Crippen LogP contribution >= 0.6 is 15.9 Å². The van der Waals surface area contributed by atoms with Crippen molar-refractivity contribution in [1.82, 2.24) is 4.72 Å². The quantitative estimate of drug-likeness (QED) is 0.850. The highest BCUT2D eigenvalue weighted by Crippen LogP contribution is 2.26. The summed E-state index contributed by atoms with van der Waals surface area (Å²) in [6, 6.07) is 4.43. The van der Waals surface area contributed by atoms with Crippen LogP contribution in [0.15, 0.2) is 27.6 Å². The summed E-state index contributed by atoms with van der Waals surface area (Å²) in [5, 5.41) is 0. The van der Waals surface area contributed by atoms with E-state index in [-0.39, 0.29) is 17.5 Å². The molecule has 1 aromatic carbocycles. The monoisotopic (exact) mass is 322 g/mol. The molecule has 17 heavy (non-hydrogen) atoms. The molecule has 0 radical (unpaired) electrons. The zero-order chi connectivity index (χ0) is 13.1. The van der Waals surface area contributed by atoms with Gasteiger partial charge >= 0.3 is 0 Å². The van der Waals surface area contributed by atoms with Gasteiger partial charge in [-0.15, -0.1) is 0 Å². The highest BCUT2D eigenvalue weighted by Gasteiger charge is 2.20. The van der Waals surface area contributed by atoms with Crippen LogP contribution in [0.3, 0.4) is 0 Å². The topological polar surface area (TPSA) is 81.4 Å². The second-order valence-electron chi connectivity index (χ2n) is 3.55. The molecule has 0 aliphatic carbocycles. The number of nitrogens with two attached hydrogens (primary N) is 1. The van der Waals surface area contributed by atoms with Gasteiger partial charge in [0.1, 0.15) is 5.75 Å². The Labute approximate surface area is 110 Å². The third-order valence-corrected chi connectivity index (χ3v) is 4.72. The molecule has 0 unspecified atom stereocenters. The van der Waals surface area contributed by atoms with Crippen LogP contribution in [-0.2, 0) is 10.0 Å². The van der Waals surface area contributed by atoms with Crippen molar-refractivity contribution in [3.8, 4) is 5.75 Å². The van der Waals surface area contributed by atoms with Crippen LogP contribution in [0.1, 0.15) is 6.92 Å². The lowest BCUT2D eigenvalue weighted by molar-refractivity contribution is 0.413. The highest BCUT2D eigenvalue weighted by atomic mass is 79.9. The van der Waals surface area contributed by atoms with E-state index in [4.69, 9.17) is 10.5 Å². The van der Waals surface area contributed by atoms with Gasteiger partial charge in [0.15, 0.2) is 0 Å². The predicted octanol–water partition coefficient (Wildman–Crippen LogP) is 1.08. The molecule has 0 saturated carbocycles. The zero-order valence-corrected chi connectivity index (χ0v) is 12.0. The van der Waals surface area contributed by atoms with Gasteiger partial charge in [-0.1, -0.05) is 0 Å². The number of hydrogen-bond donors (Lipinski definition) is 2. The van der Waals surface area contributed by atoms with E-state index < -0.39 is 10.0 Å². The average Bonchev–Trinajstić information content (AvgIpc) is 2.28. The van der Waals surface area contributed by atoms with Crippen LogP contribution in [0.5, 0.6) is 5.75 Å². The van der Waals surface area contributed by atoms with Gasteiger partial charge < -0.3 is 10.5 Å². The fourth-order valence-electron chi connectivity index (χ4n) is 1.19. The van der Waals surface area contributed by atoms with Crippen LogP contribution in [0, 0.1) is 0 Å². The Balaban J connectivity index is 3.14. The Morgan fingerprint density at radius 3 is 2.71 bits per heavy atom. The fourth-order valence-corrected chi connectivity index (χ4v) is 3.43. The molecule has 3 N–H and O–H groups in total. The molecule has 0 aromatic heterocycles. The Bertz CT molecular complexity index is 490. The van der Waals surface area contributed by atoms with Gasteiger partial charge in [-0.25, -0.2) is 13.1 Å². The van der Waals surface area contributed by atoms with Crippen molar-refractivity contribution in [1.29, 1.82) is 0 Å². The van der Waals surface area contributed by atoms with Crippen LogP contribution in [0.25, 0.3) is 0 Å². The van der Waals surface area contributed by atoms with Gasteiger partial charge in [-0.05, 0) is 35.0 Å². The van der Waals surface area contributed by atoms with E-state index in [1.807, 2.05) is 0 Å². The van der Waals surface area contributed by atoms with Crippen LogP contribution < -0.4 is 15.2 Å². The summed E-state index contributed by atoms with van der Waals surface area (Å²) in [5.74, 6) is 0.481. The summed E-state index contributed by atoms with van der Waals surface area (Å²) in [6.45, 7) is 1.94. The van der Waals surface area contributed by atoms with Crippen molar-refractivity contribution in [3.05, 3.63) is 22.7 Å². The van der Waals surface area contributed by atoms with E-state index in [0.717, 1.165) is 0 Å². The lowest BCUT2D eigenvalue weighted by Crippen LogP contribution is -2.37. The molecule has 1 aromatic rings. The predicted molar refractivity (Wildman–Crippen MR) is 69.5 cm³/mol. The maximum atomic E-state index is 12.0. The lowest BCUT2D eigenvalue weighted by Gasteiger charge is -2.13. The van der Waals surface area contributed by atoms with Crippen molar-refractivity contribution in [2.75, 3.05) is 13.7 Å². The third-order valence-electron chi connectivity index (χ3n) is 2.14. The molecule has 0 bridgehead atoms. The molecule has 0 fully saturated rings. The molecule has 1 rings (SSSR count). The first-order chi connectivity index (χ1) is 7.90. The number of halogens is 1. The second kappa shape index (κ2) is 5.81. The Kier molecular flexibility index (Phi) is 4.93. The van der Waals surface area contributed by atoms with Gasteiger partial charge in [0.2, 0.25) is 10.0 Å². The molecule has 0 spiro atoms. The number of benzene rings is 1. The number of nitrogens with one attached hydrogen (secondary N) is 1. The Hall–Kier alpha value is -0.630. The lowest BCUT2D eigenvalue weighted by atomic mass is 10.3. The number of rotatable bonds is 5. The van der Waals surface area contributed by atoms with Gasteiger partial charge in [0.25, 0.3) is 0 Å². The standard InChI is InChI=1S/C10H15BrN2O3S/c1-7(6-12)13-17(14,15)10-5-8(16-2)3-4-9(10)11/h3-5,7,13H,6,12H2,1-2H3/t7-/m0/s1. The smallest absolute Gasteiger partial charge is 0.242 e. The number of sulfonamides is 1. The minimum Gasteiger partial charge on any atom is -0.497 e. The fraction of sp³-hybridized carbons (Fsp3) is 0.400. The van der Waals surface area contributed by atoms with E-state index in [9.17, 15) is 8.42 Å². The van der Waals surface area contributed by atoms with Crippen molar-refractivity contribution < 1.29 is 13.2 Å². The van der Waals surface area contributed by atoms with Gasteiger partial charge in [-0.3, -0.25) is 0 Å². The molecule has 1 atom stereocenters. The first-order valence-corrected chi connectivity index (χ1v) is 7.24. The van der Waals surface area contributed by atoms with Gasteiger partial charge in [0, 0.05) is 23.1 Å². The second-order valence-corrected chi connectivity index (χ2v) is 6.09. The Morgan fingerprint density at radius 1 is 1.53 bits per heavy atom. The highest BCUT2D eigenvalue weighted by molar-refractivity contribution is 9.10. The van der Waals surface area contributed by atoms with Crippen molar-refractivity contribution in [2.24, 2.45) is 5.73 Å². The third kappa shape index (κ3) is 3.67. The molecule has 96 valence electrons. The largest absolute Gasteiger partial charge is 0.497 e. The summed E-state index contributed by atoms with van der Waals surface area (Å²) in [6.07, 6.45) is 0. The van der Waals surface area contributed by atoms with E-state index in [1.54, 1.807) is 19.1 Å². The molecule has 0 saturated heterocycles. The summed E-state index contributed by atoms with van der Waals surface area (Å²) in [5.41, 5.74) is 5.39. The summed E-state index contributed by atoms with van der Waals surface area (Å²) in [7, 11) is -2.11.